The van der Waals surface area contributed by atoms with Gasteiger partial charge in [-0.3, -0.25) is 23.4 Å². The van der Waals surface area contributed by atoms with Gasteiger partial charge in [-0.2, -0.15) is 0 Å². The minimum atomic E-state index is -4.46. The van der Waals surface area contributed by atoms with E-state index in [9.17, 15) is 34.1 Å². The summed E-state index contributed by atoms with van der Waals surface area (Å²) < 4.78 is 34.2. The summed E-state index contributed by atoms with van der Waals surface area (Å²) in [6.45, 7) is 3.83. The Balaban J connectivity index is 2.51. The quantitative estimate of drug-likeness (QED) is 0.0179. The average molecular weight is 905 g/mol. The van der Waals surface area contributed by atoms with Gasteiger partial charge in [0.1, 0.15) is 25.5 Å². The fourth-order valence-corrected chi connectivity index (χ4v) is 7.29. The maximum absolute atomic E-state index is 12.8. The number of hydrogen-bond acceptors (Lipinski definition) is 10. The van der Waals surface area contributed by atoms with Crippen LogP contribution in [0.2, 0.25) is 0 Å². The lowest BCUT2D eigenvalue weighted by Crippen LogP contribution is -2.37. The molecular weight excluding hydrogens is 822 g/mol. The van der Waals surface area contributed by atoms with Gasteiger partial charge in [0, 0.05) is 31.1 Å². The molecule has 0 amide bonds. The zero-order valence-corrected chi connectivity index (χ0v) is 40.1. The number of carbonyl (C=O) groups is 3. The van der Waals surface area contributed by atoms with Crippen LogP contribution in [-0.2, 0) is 37.5 Å². The highest BCUT2D eigenvalue weighted by Gasteiger charge is 2.39. The molecule has 0 heterocycles. The smallest absolute Gasteiger partial charge is 0.462 e. The van der Waals surface area contributed by atoms with Crippen molar-refractivity contribution < 1.29 is 57.1 Å². The molecule has 1 aliphatic carbocycles. The van der Waals surface area contributed by atoms with E-state index in [1.165, 1.54) is 0 Å². The number of aliphatic hydroxyl groups is 2. The van der Waals surface area contributed by atoms with Gasteiger partial charge in [0.15, 0.2) is 6.10 Å². The Morgan fingerprint density at radius 1 is 0.762 bits per heavy atom. The van der Waals surface area contributed by atoms with Crippen molar-refractivity contribution >= 4 is 25.5 Å². The van der Waals surface area contributed by atoms with E-state index in [0.29, 0.717) is 43.1 Å². The lowest BCUT2D eigenvalue weighted by Gasteiger charge is -2.24. The van der Waals surface area contributed by atoms with Crippen molar-refractivity contribution in [3.05, 3.63) is 85.1 Å². The highest BCUT2D eigenvalue weighted by atomic mass is 31.2. The van der Waals surface area contributed by atoms with Crippen molar-refractivity contribution in [2.75, 3.05) is 47.5 Å². The Morgan fingerprint density at radius 3 is 2.00 bits per heavy atom. The molecule has 0 radical (unpaired) electrons. The van der Waals surface area contributed by atoms with E-state index in [1.807, 2.05) is 33.3 Å². The summed E-state index contributed by atoms with van der Waals surface area (Å²) in [6, 6.07) is 0. The zero-order valence-electron chi connectivity index (χ0n) is 39.2. The first-order chi connectivity index (χ1) is 30.2. The molecule has 1 aliphatic rings. The lowest BCUT2D eigenvalue weighted by atomic mass is 9.90. The number of Topliss-reactive ketones (excluding diaryl/α,β-unsaturated/α-hetero) is 1. The van der Waals surface area contributed by atoms with Crippen LogP contribution in [0.3, 0.4) is 0 Å². The number of nitrogens with zero attached hydrogens (tertiary/aromatic N) is 1. The van der Waals surface area contributed by atoms with Crippen molar-refractivity contribution in [1.29, 1.82) is 0 Å². The number of likely N-dealkylation sites (N-methyl/N-ethyl adjacent to an activating group) is 1. The Labute approximate surface area is 380 Å². The normalized spacial score (nSPS) is 19.6. The van der Waals surface area contributed by atoms with Crippen molar-refractivity contribution in [2.24, 2.45) is 11.8 Å². The second-order valence-corrected chi connectivity index (χ2v) is 18.6. The Hall–Kier alpha value is -3.22. The number of unbranched alkanes of at least 4 members (excludes halogenated alkanes) is 6. The van der Waals surface area contributed by atoms with Gasteiger partial charge < -0.3 is 29.1 Å². The van der Waals surface area contributed by atoms with Crippen molar-refractivity contribution in [2.45, 2.75) is 154 Å². The number of phosphoric acid groups is 1. The van der Waals surface area contributed by atoms with Gasteiger partial charge in [-0.05, 0) is 77.0 Å². The minimum Gasteiger partial charge on any atom is -0.462 e. The van der Waals surface area contributed by atoms with Crippen molar-refractivity contribution in [3.63, 3.8) is 0 Å². The third kappa shape index (κ3) is 33.0. The molecule has 0 aromatic rings. The molecular formula is C50H83NO11P+. The number of ether oxygens (including phenoxy) is 2. The van der Waals surface area contributed by atoms with E-state index in [0.717, 1.165) is 70.6 Å². The van der Waals surface area contributed by atoms with E-state index in [1.54, 1.807) is 12.2 Å². The van der Waals surface area contributed by atoms with E-state index in [4.69, 9.17) is 18.5 Å². The molecule has 1 rings (SSSR count). The first-order valence-corrected chi connectivity index (χ1v) is 24.9. The minimum absolute atomic E-state index is 0.0227. The Bertz CT molecular complexity index is 1510. The number of quaternary nitrogens is 1. The molecule has 0 bridgehead atoms. The highest BCUT2D eigenvalue weighted by Crippen LogP contribution is 2.43. The summed E-state index contributed by atoms with van der Waals surface area (Å²) in [5, 5.41) is 20.8. The van der Waals surface area contributed by atoms with Gasteiger partial charge in [0.25, 0.3) is 0 Å². The van der Waals surface area contributed by atoms with Gasteiger partial charge in [0.2, 0.25) is 0 Å². The summed E-state index contributed by atoms with van der Waals surface area (Å²) in [5.41, 5.74) is 0. The summed E-state index contributed by atoms with van der Waals surface area (Å²) in [5.74, 6) is -1.79. The van der Waals surface area contributed by atoms with Gasteiger partial charge in [-0.15, -0.1) is 0 Å². The van der Waals surface area contributed by atoms with Crippen LogP contribution >= 0.6 is 7.82 Å². The molecule has 13 heteroatoms. The summed E-state index contributed by atoms with van der Waals surface area (Å²) >= 11 is 0. The maximum Gasteiger partial charge on any atom is 0.472 e. The van der Waals surface area contributed by atoms with Gasteiger partial charge in [-0.25, -0.2) is 4.57 Å². The molecule has 1 saturated carbocycles. The molecule has 358 valence electrons. The molecule has 0 aromatic carbocycles. The number of esters is 2. The first kappa shape index (κ1) is 57.8. The molecule has 0 spiro atoms. The van der Waals surface area contributed by atoms with Crippen molar-refractivity contribution in [3.8, 4) is 0 Å². The fourth-order valence-electron chi connectivity index (χ4n) is 6.55. The first-order valence-electron chi connectivity index (χ1n) is 23.4. The van der Waals surface area contributed by atoms with E-state index in [2.05, 4.69) is 74.6 Å². The number of allylic oxidation sites excluding steroid dienone is 13. The molecule has 6 atom stereocenters. The number of hydrogen-bond donors (Lipinski definition) is 3. The van der Waals surface area contributed by atoms with Gasteiger partial charge in [-0.1, -0.05) is 125 Å². The second kappa shape index (κ2) is 36.1. The summed E-state index contributed by atoms with van der Waals surface area (Å²) in [6.07, 6.45) is 40.0. The topological polar surface area (TPSA) is 166 Å². The van der Waals surface area contributed by atoms with Crippen LogP contribution in [0, 0.1) is 11.8 Å². The predicted octanol–water partition coefficient (Wildman–Crippen LogP) is 10.2. The molecule has 0 saturated heterocycles. The largest absolute Gasteiger partial charge is 0.472 e. The number of carbonyl (C=O) groups excluding carboxylic acids is 3. The van der Waals surface area contributed by atoms with Crippen LogP contribution in [0.1, 0.15) is 136 Å². The number of rotatable bonds is 37. The Morgan fingerprint density at radius 2 is 1.37 bits per heavy atom. The highest BCUT2D eigenvalue weighted by molar-refractivity contribution is 7.47. The standard InChI is InChI=1S/C50H82NO11P/c1-6-8-10-11-12-13-14-15-16-17-18-19-20-21-22-23-24-25-31-35-50(56)62-44(42-61-63(57,58)60-39-38-51(3,4)5)41-59-49(55)34-30-27-26-29-33-45-46(48(54)40-47(45)53)37-36-43(52)32-28-9-7-2/h8,10,12-13,15-16,18-19,21-22,26,29,36-37,43-47,52-53H,6-7,9,11,14,17,20,23-25,27-28,30-35,38-42H2,1-5H3/p+1/b10-8-,13-12-,16-15-,19-18-,22-21-,29-26-,37-36+/t43-,44+,45+,46+,47-/m0/s1. The van der Waals surface area contributed by atoms with Crippen LogP contribution in [0.4, 0.5) is 0 Å². The van der Waals surface area contributed by atoms with Crippen LogP contribution in [0.15, 0.2) is 85.1 Å². The number of aliphatic hydroxyl groups excluding tert-OH is 2. The monoisotopic (exact) mass is 905 g/mol. The lowest BCUT2D eigenvalue weighted by molar-refractivity contribution is -0.870. The zero-order chi connectivity index (χ0) is 46.6. The molecule has 0 aromatic heterocycles. The number of phosphoric ester groups is 1. The second-order valence-electron chi connectivity index (χ2n) is 17.2. The van der Waals surface area contributed by atoms with Crippen LogP contribution < -0.4 is 0 Å². The Kier molecular flexibility index (Phi) is 33.1. The fraction of sp³-hybridized carbons (Fsp3) is 0.660. The molecule has 12 nitrogen and oxygen atoms in total. The molecule has 1 fully saturated rings. The third-order valence-electron chi connectivity index (χ3n) is 10.3. The van der Waals surface area contributed by atoms with E-state index in [-0.39, 0.29) is 44.2 Å². The SMILES string of the molecule is CC/C=C\C/C=C\C/C=C\C/C=C\C/C=C\CCCCCC(=O)O[C@H](COC(=O)CCC/C=C\C[C@H]1[C@@H](O)CC(=O)[C@@H]1/C=C/[C@@H](O)CCCCC)COP(=O)(O)OCC[N+](C)(C)C. The van der Waals surface area contributed by atoms with E-state index < -0.39 is 50.6 Å². The summed E-state index contributed by atoms with van der Waals surface area (Å²) in [7, 11) is 1.29. The molecule has 3 N–H and O–H groups in total. The van der Waals surface area contributed by atoms with Crippen LogP contribution in [-0.4, -0.2) is 103 Å². The third-order valence-corrected chi connectivity index (χ3v) is 11.3. The van der Waals surface area contributed by atoms with E-state index >= 15 is 0 Å². The van der Waals surface area contributed by atoms with Gasteiger partial charge >= 0.3 is 19.8 Å². The molecule has 63 heavy (non-hydrogen) atoms. The average Bonchev–Trinajstić information content (AvgIpc) is 3.50. The van der Waals surface area contributed by atoms with Gasteiger partial charge in [0.05, 0.1) is 40.0 Å². The molecule has 0 aliphatic heterocycles. The molecule has 1 unspecified atom stereocenters. The predicted molar refractivity (Wildman–Crippen MR) is 253 cm³/mol. The summed E-state index contributed by atoms with van der Waals surface area (Å²) in [4.78, 5) is 48.1. The van der Waals surface area contributed by atoms with Crippen LogP contribution in [0.5, 0.6) is 0 Å². The number of ketones is 1. The van der Waals surface area contributed by atoms with Crippen molar-refractivity contribution in [1.82, 2.24) is 0 Å². The maximum atomic E-state index is 12.8. The van der Waals surface area contributed by atoms with Crippen LogP contribution in [0.25, 0.3) is 0 Å².